The minimum Gasteiger partial charge on any atom is -0.480 e. The first-order valence-corrected chi connectivity index (χ1v) is 7.71. The molecule has 122 valence electrons. The van der Waals surface area contributed by atoms with Gasteiger partial charge in [-0.1, -0.05) is 0 Å². The van der Waals surface area contributed by atoms with Crippen LogP contribution in [0.2, 0.25) is 0 Å². The summed E-state index contributed by atoms with van der Waals surface area (Å²) in [5.41, 5.74) is 2.03. The van der Waals surface area contributed by atoms with E-state index in [2.05, 4.69) is 35.7 Å². The minimum absolute atomic E-state index is 0.0711. The third-order valence-corrected chi connectivity index (χ3v) is 4.84. The number of aliphatic imine (C=N–C) groups is 1. The van der Waals surface area contributed by atoms with Crippen molar-refractivity contribution in [1.82, 2.24) is 4.90 Å². The molecule has 1 N–H and O–H groups in total. The number of hydrogen-bond donors (Lipinski definition) is 1. The van der Waals surface area contributed by atoms with Crippen LogP contribution >= 0.6 is 0 Å². The summed E-state index contributed by atoms with van der Waals surface area (Å²) in [5, 5.41) is 9.05. The highest BCUT2D eigenvalue weighted by molar-refractivity contribution is 6.22. The summed E-state index contributed by atoms with van der Waals surface area (Å²) in [7, 11) is 2.12. The van der Waals surface area contributed by atoms with Gasteiger partial charge in [0.25, 0.3) is 0 Å². The Morgan fingerprint density at radius 2 is 2.09 bits per heavy atom. The number of rotatable bonds is 2. The zero-order valence-corrected chi connectivity index (χ0v) is 13.6. The third-order valence-electron chi connectivity index (χ3n) is 4.84. The van der Waals surface area contributed by atoms with Crippen LogP contribution in [-0.2, 0) is 4.79 Å². The van der Waals surface area contributed by atoms with Gasteiger partial charge in [-0.15, -0.1) is 0 Å². The van der Waals surface area contributed by atoms with Crippen LogP contribution in [0.5, 0.6) is 0 Å². The predicted molar refractivity (Wildman–Crippen MR) is 89.0 cm³/mol. The van der Waals surface area contributed by atoms with E-state index in [1.165, 1.54) is 6.21 Å². The van der Waals surface area contributed by atoms with Gasteiger partial charge in [0.2, 0.25) is 0 Å². The van der Waals surface area contributed by atoms with E-state index in [0.717, 1.165) is 25.3 Å². The summed E-state index contributed by atoms with van der Waals surface area (Å²) >= 11 is 0. The molecule has 0 bridgehead atoms. The van der Waals surface area contributed by atoms with Gasteiger partial charge in [0, 0.05) is 42.6 Å². The van der Waals surface area contributed by atoms with Crippen LogP contribution in [0.15, 0.2) is 23.2 Å². The van der Waals surface area contributed by atoms with Crippen LogP contribution in [0.25, 0.3) is 0 Å². The predicted octanol–water partition coefficient (Wildman–Crippen LogP) is 1.82. The van der Waals surface area contributed by atoms with Crippen LogP contribution in [0.4, 0.5) is 11.4 Å². The fourth-order valence-electron chi connectivity index (χ4n) is 3.06. The molecule has 6 heteroatoms. The van der Waals surface area contributed by atoms with E-state index in [1.54, 1.807) is 6.07 Å². The standard InChI is InChI=1S/C17H21N3O3/c1-17(2)10-20(7-6-19(17)3)11-4-5-12-14(8-11)18-9-13(15(12)21)16(22)23/h4-5,8-9,13H,6-7,10H2,1-3H3,(H,22,23). The van der Waals surface area contributed by atoms with Gasteiger partial charge >= 0.3 is 5.97 Å². The Balaban J connectivity index is 1.89. The van der Waals surface area contributed by atoms with Crippen molar-refractivity contribution in [3.8, 4) is 0 Å². The molecule has 1 fully saturated rings. The number of likely N-dealkylation sites (N-methyl/N-ethyl adjacent to an activating group) is 1. The SMILES string of the molecule is CN1CCN(c2ccc3c(c2)N=CC(C(=O)O)C3=O)CC1(C)C. The van der Waals surface area contributed by atoms with Gasteiger partial charge in [-0.25, -0.2) is 0 Å². The van der Waals surface area contributed by atoms with E-state index in [-0.39, 0.29) is 5.54 Å². The monoisotopic (exact) mass is 315 g/mol. The minimum atomic E-state index is -1.17. The maximum Gasteiger partial charge on any atom is 0.319 e. The van der Waals surface area contributed by atoms with E-state index in [1.807, 2.05) is 12.1 Å². The number of Topliss-reactive ketones (excluding diaryl/α,β-unsaturated/α-hetero) is 1. The molecule has 2 aliphatic heterocycles. The number of carboxylic acids is 1. The molecule has 0 amide bonds. The quantitative estimate of drug-likeness (QED) is 0.843. The highest BCUT2D eigenvalue weighted by Crippen LogP contribution is 2.32. The van der Waals surface area contributed by atoms with Crippen molar-refractivity contribution in [1.29, 1.82) is 0 Å². The van der Waals surface area contributed by atoms with Gasteiger partial charge in [-0.2, -0.15) is 0 Å². The van der Waals surface area contributed by atoms with Crippen LogP contribution < -0.4 is 4.90 Å². The number of carbonyl (C=O) groups is 2. The van der Waals surface area contributed by atoms with E-state index in [4.69, 9.17) is 5.11 Å². The molecular formula is C17H21N3O3. The number of ketones is 1. The fourth-order valence-corrected chi connectivity index (χ4v) is 3.06. The molecule has 0 spiro atoms. The first kappa shape index (κ1) is 15.7. The van der Waals surface area contributed by atoms with Crippen LogP contribution in [0.1, 0.15) is 24.2 Å². The summed E-state index contributed by atoms with van der Waals surface area (Å²) in [6, 6.07) is 5.46. The highest BCUT2D eigenvalue weighted by Gasteiger charge is 2.33. The van der Waals surface area contributed by atoms with Gasteiger partial charge in [0.05, 0.1) is 5.69 Å². The van der Waals surface area contributed by atoms with E-state index >= 15 is 0 Å². The summed E-state index contributed by atoms with van der Waals surface area (Å²) in [5.74, 6) is -2.72. The van der Waals surface area contributed by atoms with Crippen molar-refractivity contribution >= 4 is 29.3 Å². The molecule has 23 heavy (non-hydrogen) atoms. The second-order valence-corrected chi connectivity index (χ2v) is 6.82. The van der Waals surface area contributed by atoms with Crippen molar-refractivity contribution < 1.29 is 14.7 Å². The molecule has 1 atom stereocenters. The van der Waals surface area contributed by atoms with Crippen molar-refractivity contribution in [3.05, 3.63) is 23.8 Å². The summed E-state index contributed by atoms with van der Waals surface area (Å²) in [6.07, 6.45) is 1.23. The Kier molecular flexibility index (Phi) is 3.72. The van der Waals surface area contributed by atoms with Gasteiger partial charge in [-0.3, -0.25) is 19.5 Å². The van der Waals surface area contributed by atoms with Crippen molar-refractivity contribution in [2.75, 3.05) is 31.6 Å². The van der Waals surface area contributed by atoms with E-state index < -0.39 is 17.7 Å². The molecule has 2 heterocycles. The lowest BCUT2D eigenvalue weighted by Gasteiger charge is -2.46. The zero-order chi connectivity index (χ0) is 16.8. The first-order chi connectivity index (χ1) is 10.8. The summed E-state index contributed by atoms with van der Waals surface area (Å²) in [4.78, 5) is 32.1. The molecule has 0 aliphatic carbocycles. The van der Waals surface area contributed by atoms with E-state index in [0.29, 0.717) is 11.3 Å². The van der Waals surface area contributed by atoms with Crippen LogP contribution in [0.3, 0.4) is 0 Å². The maximum absolute atomic E-state index is 12.2. The first-order valence-electron chi connectivity index (χ1n) is 7.71. The molecule has 1 unspecified atom stereocenters. The second kappa shape index (κ2) is 5.45. The van der Waals surface area contributed by atoms with E-state index in [9.17, 15) is 9.59 Å². The van der Waals surface area contributed by atoms with Crippen LogP contribution in [0, 0.1) is 5.92 Å². The highest BCUT2D eigenvalue weighted by atomic mass is 16.4. The maximum atomic E-state index is 12.2. The molecule has 1 saturated heterocycles. The zero-order valence-electron chi connectivity index (χ0n) is 13.6. The lowest BCUT2D eigenvalue weighted by Crippen LogP contribution is -2.57. The molecule has 1 aromatic rings. The average molecular weight is 315 g/mol. The Labute approximate surface area is 135 Å². The summed E-state index contributed by atoms with van der Waals surface area (Å²) in [6.45, 7) is 7.17. The number of anilines is 1. The smallest absolute Gasteiger partial charge is 0.319 e. The number of carbonyl (C=O) groups excluding carboxylic acids is 1. The molecule has 0 saturated carbocycles. The molecule has 3 rings (SSSR count). The Hall–Kier alpha value is -2.21. The molecule has 1 aromatic carbocycles. The lowest BCUT2D eigenvalue weighted by molar-refractivity contribution is -0.137. The average Bonchev–Trinajstić information content (AvgIpc) is 2.49. The topological polar surface area (TPSA) is 73.2 Å². The molecule has 0 aromatic heterocycles. The molecular weight excluding hydrogens is 294 g/mol. The number of benzene rings is 1. The molecule has 2 aliphatic rings. The number of carboxylic acid groups (broad SMARTS) is 1. The van der Waals surface area contributed by atoms with Gasteiger partial charge in [0.1, 0.15) is 0 Å². The fraction of sp³-hybridized carbons (Fsp3) is 0.471. The number of piperazine rings is 1. The normalized spacial score (nSPS) is 23.7. The number of fused-ring (bicyclic) bond motifs is 1. The van der Waals surface area contributed by atoms with Gasteiger partial charge < -0.3 is 10.0 Å². The van der Waals surface area contributed by atoms with Crippen molar-refractivity contribution in [3.63, 3.8) is 0 Å². The number of nitrogens with zero attached hydrogens (tertiary/aromatic N) is 3. The Bertz CT molecular complexity index is 696. The molecule has 0 radical (unpaired) electrons. The summed E-state index contributed by atoms with van der Waals surface area (Å²) < 4.78 is 0. The Morgan fingerprint density at radius 1 is 1.35 bits per heavy atom. The number of hydrogen-bond acceptors (Lipinski definition) is 5. The third kappa shape index (κ3) is 2.74. The van der Waals surface area contributed by atoms with Gasteiger partial charge in [0.15, 0.2) is 11.7 Å². The van der Waals surface area contributed by atoms with Crippen LogP contribution in [-0.4, -0.2) is 60.2 Å². The number of aliphatic carboxylic acids is 1. The van der Waals surface area contributed by atoms with Crippen molar-refractivity contribution in [2.24, 2.45) is 10.9 Å². The largest absolute Gasteiger partial charge is 0.480 e. The van der Waals surface area contributed by atoms with Crippen molar-refractivity contribution in [2.45, 2.75) is 19.4 Å². The Morgan fingerprint density at radius 3 is 2.74 bits per heavy atom. The second-order valence-electron chi connectivity index (χ2n) is 6.82. The van der Waals surface area contributed by atoms with Gasteiger partial charge in [-0.05, 0) is 39.1 Å². The molecule has 6 nitrogen and oxygen atoms in total. The lowest BCUT2D eigenvalue weighted by atomic mass is 9.94.